The molecule has 1 aliphatic rings. The molecule has 1 fully saturated rings. The molecule has 10 nitrogen and oxygen atoms in total. The minimum atomic E-state index is -1.14. The molecule has 3 rings (SSSR count). The van der Waals surface area contributed by atoms with Crippen LogP contribution >= 0.6 is 0 Å². The van der Waals surface area contributed by atoms with Crippen LogP contribution in [0.15, 0.2) is 60.7 Å². The number of urea groups is 1. The standard InChI is InChI=1S/C28H36N4O6/c1-19(2)16-23(22(26(35)30-38)15-9-14-20-10-5-3-6-11-20)25(34)29-32-27(36)24(18-33)31(28(32)37)17-21-12-7-4-8-13-21/h3-8,10-13,19,22-24,33,38H,9,14-18H2,1-2H3,(H,29,34)(H,30,35)/t22-,23?,24?/m1/s1. The Labute approximate surface area is 222 Å². The molecule has 1 heterocycles. The van der Waals surface area contributed by atoms with Gasteiger partial charge < -0.3 is 10.0 Å². The second-order valence-corrected chi connectivity index (χ2v) is 9.94. The van der Waals surface area contributed by atoms with E-state index in [4.69, 9.17) is 0 Å². The lowest BCUT2D eigenvalue weighted by atomic mass is 9.81. The molecule has 3 atom stereocenters. The first-order valence-electron chi connectivity index (χ1n) is 12.8. The van der Waals surface area contributed by atoms with Gasteiger partial charge in [0.1, 0.15) is 6.04 Å². The van der Waals surface area contributed by atoms with Crippen molar-refractivity contribution in [3.8, 4) is 0 Å². The van der Waals surface area contributed by atoms with Crippen LogP contribution in [-0.2, 0) is 27.3 Å². The summed E-state index contributed by atoms with van der Waals surface area (Å²) in [5.74, 6) is -3.90. The summed E-state index contributed by atoms with van der Waals surface area (Å²) >= 11 is 0. The van der Waals surface area contributed by atoms with E-state index in [1.807, 2.05) is 50.2 Å². The molecule has 0 aromatic heterocycles. The van der Waals surface area contributed by atoms with Crippen molar-refractivity contribution >= 4 is 23.8 Å². The summed E-state index contributed by atoms with van der Waals surface area (Å²) in [4.78, 5) is 53.5. The van der Waals surface area contributed by atoms with E-state index in [9.17, 15) is 29.5 Å². The molecule has 0 saturated carbocycles. The van der Waals surface area contributed by atoms with Gasteiger partial charge in [-0.2, -0.15) is 5.01 Å². The SMILES string of the molecule is CC(C)CC(C(=O)NN1C(=O)C(CO)N(Cc2ccccc2)C1=O)[C@@H](CCCc1ccccc1)C(=O)NO. The maximum atomic E-state index is 13.5. The predicted molar refractivity (Wildman–Crippen MR) is 139 cm³/mol. The molecule has 0 bridgehead atoms. The molecular weight excluding hydrogens is 488 g/mol. The van der Waals surface area contributed by atoms with Crippen molar-refractivity contribution in [1.82, 2.24) is 20.8 Å². The van der Waals surface area contributed by atoms with Crippen molar-refractivity contribution < 1.29 is 29.5 Å². The van der Waals surface area contributed by atoms with Gasteiger partial charge in [-0.25, -0.2) is 10.3 Å². The molecule has 0 aliphatic carbocycles. The normalized spacial score (nSPS) is 17.0. The molecule has 10 heteroatoms. The smallest absolute Gasteiger partial charge is 0.347 e. The lowest BCUT2D eigenvalue weighted by Gasteiger charge is -2.28. The molecular formula is C28H36N4O6. The fourth-order valence-corrected chi connectivity index (χ4v) is 4.80. The molecule has 0 radical (unpaired) electrons. The summed E-state index contributed by atoms with van der Waals surface area (Å²) in [5, 5.41) is 19.9. The lowest BCUT2D eigenvalue weighted by Crippen LogP contribution is -2.51. The Bertz CT molecular complexity index is 1100. The Morgan fingerprint density at radius 3 is 2.08 bits per heavy atom. The highest BCUT2D eigenvalue weighted by Gasteiger charge is 2.47. The highest BCUT2D eigenvalue weighted by molar-refractivity contribution is 6.05. The third-order valence-corrected chi connectivity index (χ3v) is 6.73. The number of hydrogen-bond acceptors (Lipinski definition) is 6. The molecule has 1 aliphatic heterocycles. The number of nitrogens with zero attached hydrogens (tertiary/aromatic N) is 2. The van der Waals surface area contributed by atoms with Crippen molar-refractivity contribution in [3.05, 3.63) is 71.8 Å². The average Bonchev–Trinajstić information content (AvgIpc) is 3.14. The van der Waals surface area contributed by atoms with Crippen LogP contribution in [0.25, 0.3) is 0 Å². The number of rotatable bonds is 13. The van der Waals surface area contributed by atoms with Crippen molar-refractivity contribution in [2.45, 2.75) is 52.1 Å². The van der Waals surface area contributed by atoms with Crippen molar-refractivity contribution in [2.75, 3.05) is 6.61 Å². The first-order valence-corrected chi connectivity index (χ1v) is 12.8. The fraction of sp³-hybridized carbons (Fsp3) is 0.429. The summed E-state index contributed by atoms with van der Waals surface area (Å²) in [6.07, 6.45) is 1.88. The Kier molecular flexibility index (Phi) is 10.4. The molecule has 2 aromatic rings. The summed E-state index contributed by atoms with van der Waals surface area (Å²) in [6, 6.07) is 16.8. The Morgan fingerprint density at radius 2 is 1.53 bits per heavy atom. The summed E-state index contributed by atoms with van der Waals surface area (Å²) in [5.41, 5.74) is 5.93. The van der Waals surface area contributed by atoms with Crippen LogP contribution in [0.5, 0.6) is 0 Å². The molecule has 2 unspecified atom stereocenters. The minimum absolute atomic E-state index is 0.0126. The monoisotopic (exact) mass is 524 g/mol. The van der Waals surface area contributed by atoms with E-state index in [0.717, 1.165) is 11.1 Å². The molecule has 4 N–H and O–H groups in total. The topological polar surface area (TPSA) is 139 Å². The Hall–Kier alpha value is -3.76. The molecule has 2 aromatic carbocycles. The minimum Gasteiger partial charge on any atom is -0.394 e. The molecule has 1 saturated heterocycles. The zero-order chi connectivity index (χ0) is 27.7. The quantitative estimate of drug-likeness (QED) is 0.181. The van der Waals surface area contributed by atoms with Crippen LogP contribution in [0.2, 0.25) is 0 Å². The molecule has 0 spiro atoms. The van der Waals surface area contributed by atoms with Gasteiger partial charge in [0, 0.05) is 6.54 Å². The van der Waals surface area contributed by atoms with E-state index < -0.39 is 48.2 Å². The summed E-state index contributed by atoms with van der Waals surface area (Å²) in [6.45, 7) is 3.27. The lowest BCUT2D eigenvalue weighted by molar-refractivity contribution is -0.145. The van der Waals surface area contributed by atoms with Gasteiger partial charge in [-0.3, -0.25) is 25.0 Å². The van der Waals surface area contributed by atoms with Gasteiger partial charge in [-0.05, 0) is 42.7 Å². The van der Waals surface area contributed by atoms with Crippen molar-refractivity contribution in [2.24, 2.45) is 17.8 Å². The van der Waals surface area contributed by atoms with Gasteiger partial charge in [0.2, 0.25) is 11.8 Å². The number of amides is 5. The number of aliphatic hydroxyl groups excluding tert-OH is 1. The number of benzene rings is 2. The van der Waals surface area contributed by atoms with E-state index >= 15 is 0 Å². The third-order valence-electron chi connectivity index (χ3n) is 6.73. The predicted octanol–water partition coefficient (Wildman–Crippen LogP) is 2.65. The molecule has 38 heavy (non-hydrogen) atoms. The van der Waals surface area contributed by atoms with E-state index in [-0.39, 0.29) is 12.5 Å². The van der Waals surface area contributed by atoms with Gasteiger partial charge in [-0.1, -0.05) is 74.5 Å². The number of nitrogens with one attached hydrogen (secondary N) is 2. The van der Waals surface area contributed by atoms with Crippen molar-refractivity contribution in [1.29, 1.82) is 0 Å². The number of aryl methyl sites for hydroxylation is 1. The average molecular weight is 525 g/mol. The van der Waals surface area contributed by atoms with Crippen LogP contribution in [0.3, 0.4) is 0 Å². The highest BCUT2D eigenvalue weighted by Crippen LogP contribution is 2.27. The number of imide groups is 1. The second-order valence-electron chi connectivity index (χ2n) is 9.94. The third kappa shape index (κ3) is 7.17. The van der Waals surface area contributed by atoms with Crippen LogP contribution in [0.4, 0.5) is 4.79 Å². The van der Waals surface area contributed by atoms with Gasteiger partial charge in [-0.15, -0.1) is 0 Å². The van der Waals surface area contributed by atoms with E-state index in [1.165, 1.54) is 4.90 Å². The zero-order valence-corrected chi connectivity index (χ0v) is 21.7. The van der Waals surface area contributed by atoms with Gasteiger partial charge in [0.05, 0.1) is 18.4 Å². The van der Waals surface area contributed by atoms with Crippen LogP contribution in [-0.4, -0.2) is 56.6 Å². The Balaban J connectivity index is 1.77. The van der Waals surface area contributed by atoms with Crippen LogP contribution < -0.4 is 10.9 Å². The number of hydroxylamine groups is 1. The van der Waals surface area contributed by atoms with Gasteiger partial charge in [0.15, 0.2) is 0 Å². The number of carbonyl (C=O) groups is 4. The van der Waals surface area contributed by atoms with E-state index in [1.54, 1.807) is 29.7 Å². The highest BCUT2D eigenvalue weighted by atomic mass is 16.5. The Morgan fingerprint density at radius 1 is 0.921 bits per heavy atom. The number of hydrogen-bond donors (Lipinski definition) is 4. The number of carbonyl (C=O) groups excluding carboxylic acids is 4. The van der Waals surface area contributed by atoms with Crippen LogP contribution in [0, 0.1) is 17.8 Å². The second kappa shape index (κ2) is 13.7. The maximum Gasteiger partial charge on any atom is 0.347 e. The number of hydrazine groups is 1. The van der Waals surface area contributed by atoms with Crippen molar-refractivity contribution in [3.63, 3.8) is 0 Å². The van der Waals surface area contributed by atoms with Crippen LogP contribution in [0.1, 0.15) is 44.2 Å². The van der Waals surface area contributed by atoms with Gasteiger partial charge >= 0.3 is 6.03 Å². The number of aliphatic hydroxyl groups is 1. The first-order chi connectivity index (χ1) is 18.3. The molecule has 5 amide bonds. The van der Waals surface area contributed by atoms with Gasteiger partial charge in [0.25, 0.3) is 5.91 Å². The maximum absolute atomic E-state index is 13.5. The zero-order valence-electron chi connectivity index (χ0n) is 21.7. The fourth-order valence-electron chi connectivity index (χ4n) is 4.80. The molecule has 204 valence electrons. The largest absolute Gasteiger partial charge is 0.394 e. The summed E-state index contributed by atoms with van der Waals surface area (Å²) < 4.78 is 0. The first kappa shape index (κ1) is 28.8. The van der Waals surface area contributed by atoms with E-state index in [2.05, 4.69) is 5.43 Å². The summed E-state index contributed by atoms with van der Waals surface area (Å²) in [7, 11) is 0. The van der Waals surface area contributed by atoms with E-state index in [0.29, 0.717) is 30.7 Å².